The molecule has 0 radical (unpaired) electrons. The van der Waals surface area contributed by atoms with Gasteiger partial charge in [0.15, 0.2) is 0 Å². The Balaban J connectivity index is 2.52. The third kappa shape index (κ3) is 4.89. The molecule has 0 heterocycles. The third-order valence-electron chi connectivity index (χ3n) is 3.04. The van der Waals surface area contributed by atoms with Gasteiger partial charge in [-0.25, -0.2) is 9.59 Å². The van der Waals surface area contributed by atoms with Crippen molar-refractivity contribution in [3.8, 4) is 0 Å². The lowest BCUT2D eigenvalue weighted by atomic mass is 10.1. The van der Waals surface area contributed by atoms with Crippen LogP contribution in [0.3, 0.4) is 0 Å². The Morgan fingerprint density at radius 2 is 2.05 bits per heavy atom. The summed E-state index contributed by atoms with van der Waals surface area (Å²) in [5, 5.41) is 14.3. The summed E-state index contributed by atoms with van der Waals surface area (Å²) in [4.78, 5) is 24.6. The van der Waals surface area contributed by atoms with Crippen LogP contribution in [-0.4, -0.2) is 48.7 Å². The lowest BCUT2D eigenvalue weighted by Crippen LogP contribution is -2.35. The number of nitrogens with zero attached hydrogens (tertiary/aromatic N) is 1. The van der Waals surface area contributed by atoms with E-state index in [4.69, 9.17) is 5.11 Å². The number of hydrogen-bond donors (Lipinski definition) is 3. The summed E-state index contributed by atoms with van der Waals surface area (Å²) in [6.07, 6.45) is 0. The van der Waals surface area contributed by atoms with Gasteiger partial charge in [0.1, 0.15) is 0 Å². The molecular formula is C14H21N3O3. The van der Waals surface area contributed by atoms with Crippen molar-refractivity contribution in [2.24, 2.45) is 0 Å². The van der Waals surface area contributed by atoms with E-state index in [0.717, 1.165) is 13.1 Å². The fraction of sp³-hybridized carbons (Fsp3) is 0.429. The highest BCUT2D eigenvalue weighted by Gasteiger charge is 2.08. The Kier molecular flexibility index (Phi) is 5.99. The topological polar surface area (TPSA) is 81.7 Å². The lowest BCUT2D eigenvalue weighted by Gasteiger charge is -2.15. The van der Waals surface area contributed by atoms with E-state index in [0.29, 0.717) is 17.8 Å². The first-order valence-electron chi connectivity index (χ1n) is 6.51. The molecule has 0 fully saturated rings. The summed E-state index contributed by atoms with van der Waals surface area (Å²) < 4.78 is 0. The van der Waals surface area contributed by atoms with Gasteiger partial charge in [0.05, 0.1) is 5.56 Å². The number of likely N-dealkylation sites (N-methyl/N-ethyl adjacent to an activating group) is 1. The van der Waals surface area contributed by atoms with Crippen molar-refractivity contribution in [1.29, 1.82) is 0 Å². The largest absolute Gasteiger partial charge is 0.478 e. The first kappa shape index (κ1) is 16.0. The molecule has 0 aromatic heterocycles. The molecule has 0 aliphatic carbocycles. The molecule has 0 unspecified atom stereocenters. The van der Waals surface area contributed by atoms with Crippen LogP contribution in [0.25, 0.3) is 0 Å². The molecule has 0 aliphatic rings. The Bertz CT molecular complexity index is 489. The fourth-order valence-corrected chi connectivity index (χ4v) is 1.62. The predicted molar refractivity (Wildman–Crippen MR) is 78.3 cm³/mol. The second kappa shape index (κ2) is 7.49. The number of urea groups is 1. The summed E-state index contributed by atoms with van der Waals surface area (Å²) in [5.41, 5.74) is 1.53. The summed E-state index contributed by atoms with van der Waals surface area (Å²) >= 11 is 0. The number of carboxylic acids is 1. The number of amides is 2. The molecule has 3 N–H and O–H groups in total. The maximum absolute atomic E-state index is 11.7. The molecule has 20 heavy (non-hydrogen) atoms. The first-order chi connectivity index (χ1) is 9.43. The van der Waals surface area contributed by atoms with Gasteiger partial charge in [-0.1, -0.05) is 6.92 Å². The molecule has 1 aromatic rings. The van der Waals surface area contributed by atoms with E-state index >= 15 is 0 Å². The number of carbonyl (C=O) groups is 2. The molecule has 0 bridgehead atoms. The Hall–Kier alpha value is -2.08. The average molecular weight is 279 g/mol. The van der Waals surface area contributed by atoms with E-state index in [-0.39, 0.29) is 11.6 Å². The Morgan fingerprint density at radius 3 is 2.60 bits per heavy atom. The van der Waals surface area contributed by atoms with Crippen molar-refractivity contribution in [3.05, 3.63) is 29.3 Å². The minimum atomic E-state index is -0.980. The number of carboxylic acid groups (broad SMARTS) is 1. The number of nitrogens with one attached hydrogen (secondary N) is 2. The quantitative estimate of drug-likeness (QED) is 0.741. The van der Waals surface area contributed by atoms with Gasteiger partial charge in [-0.2, -0.15) is 0 Å². The van der Waals surface area contributed by atoms with Gasteiger partial charge in [0, 0.05) is 18.8 Å². The zero-order valence-corrected chi connectivity index (χ0v) is 12.1. The highest BCUT2D eigenvalue weighted by atomic mass is 16.4. The second-order valence-electron chi connectivity index (χ2n) is 4.61. The maximum atomic E-state index is 11.7. The van der Waals surface area contributed by atoms with Crippen LogP contribution in [0, 0.1) is 6.92 Å². The standard InChI is InChI=1S/C14H21N3O3/c1-4-17(3)8-7-15-14(20)16-12-6-5-11(13(18)19)9-10(12)2/h5-6,9H,4,7-8H2,1-3H3,(H,18,19)(H2,15,16,20). The van der Waals surface area contributed by atoms with Gasteiger partial charge < -0.3 is 20.6 Å². The van der Waals surface area contributed by atoms with Gasteiger partial charge in [-0.15, -0.1) is 0 Å². The Labute approximate surface area is 118 Å². The van der Waals surface area contributed by atoms with Crippen molar-refractivity contribution in [2.75, 3.05) is 32.0 Å². The van der Waals surface area contributed by atoms with Crippen molar-refractivity contribution < 1.29 is 14.7 Å². The molecule has 0 saturated heterocycles. The molecule has 0 aliphatic heterocycles. The SMILES string of the molecule is CCN(C)CCNC(=O)Nc1ccc(C(=O)O)cc1C. The zero-order chi connectivity index (χ0) is 15.1. The molecule has 0 atom stereocenters. The minimum Gasteiger partial charge on any atom is -0.478 e. The molecule has 6 heteroatoms. The number of anilines is 1. The van der Waals surface area contributed by atoms with Gasteiger partial charge in [0.25, 0.3) is 0 Å². The minimum absolute atomic E-state index is 0.207. The summed E-state index contributed by atoms with van der Waals surface area (Å²) in [6, 6.07) is 4.30. The van der Waals surface area contributed by atoms with Crippen LogP contribution in [0.5, 0.6) is 0 Å². The number of carbonyl (C=O) groups excluding carboxylic acids is 1. The number of benzene rings is 1. The molecule has 1 aromatic carbocycles. The van der Waals surface area contributed by atoms with Crippen LogP contribution in [0.1, 0.15) is 22.8 Å². The second-order valence-corrected chi connectivity index (χ2v) is 4.61. The number of aryl methyl sites for hydroxylation is 1. The molecule has 1 rings (SSSR count). The maximum Gasteiger partial charge on any atom is 0.335 e. The van der Waals surface area contributed by atoms with Crippen LogP contribution >= 0.6 is 0 Å². The van der Waals surface area contributed by atoms with Crippen molar-refractivity contribution in [3.63, 3.8) is 0 Å². The van der Waals surface area contributed by atoms with Crippen LogP contribution in [0.15, 0.2) is 18.2 Å². The molecular weight excluding hydrogens is 258 g/mol. The van der Waals surface area contributed by atoms with Crippen molar-refractivity contribution in [1.82, 2.24) is 10.2 Å². The average Bonchev–Trinajstić information content (AvgIpc) is 2.40. The van der Waals surface area contributed by atoms with Crippen LogP contribution in [0.4, 0.5) is 10.5 Å². The molecule has 2 amide bonds. The van der Waals surface area contributed by atoms with Crippen LogP contribution < -0.4 is 10.6 Å². The molecule has 0 saturated carbocycles. The predicted octanol–water partition coefficient (Wildman–Crippen LogP) is 1.77. The molecule has 6 nitrogen and oxygen atoms in total. The van der Waals surface area contributed by atoms with E-state index in [1.165, 1.54) is 12.1 Å². The number of hydrogen-bond acceptors (Lipinski definition) is 3. The van der Waals surface area contributed by atoms with E-state index in [1.807, 2.05) is 14.0 Å². The fourth-order valence-electron chi connectivity index (χ4n) is 1.62. The van der Waals surface area contributed by atoms with E-state index < -0.39 is 5.97 Å². The van der Waals surface area contributed by atoms with Crippen molar-refractivity contribution >= 4 is 17.7 Å². The lowest BCUT2D eigenvalue weighted by molar-refractivity contribution is 0.0697. The van der Waals surface area contributed by atoms with Crippen LogP contribution in [-0.2, 0) is 0 Å². The van der Waals surface area contributed by atoms with Gasteiger partial charge in [0.2, 0.25) is 0 Å². The number of rotatable bonds is 6. The Morgan fingerprint density at radius 1 is 1.35 bits per heavy atom. The van der Waals surface area contributed by atoms with E-state index in [1.54, 1.807) is 13.0 Å². The van der Waals surface area contributed by atoms with Crippen molar-refractivity contribution in [2.45, 2.75) is 13.8 Å². The van der Waals surface area contributed by atoms with Gasteiger partial charge in [-0.05, 0) is 44.3 Å². The highest BCUT2D eigenvalue weighted by Crippen LogP contribution is 2.16. The van der Waals surface area contributed by atoms with Gasteiger partial charge >= 0.3 is 12.0 Å². The highest BCUT2D eigenvalue weighted by molar-refractivity contribution is 5.92. The summed E-state index contributed by atoms with van der Waals surface area (Å²) in [6.45, 7) is 6.07. The summed E-state index contributed by atoms with van der Waals surface area (Å²) in [5.74, 6) is -0.980. The third-order valence-corrected chi connectivity index (χ3v) is 3.04. The molecule has 0 spiro atoms. The molecule has 110 valence electrons. The smallest absolute Gasteiger partial charge is 0.335 e. The van der Waals surface area contributed by atoms with E-state index in [9.17, 15) is 9.59 Å². The van der Waals surface area contributed by atoms with E-state index in [2.05, 4.69) is 15.5 Å². The zero-order valence-electron chi connectivity index (χ0n) is 12.1. The van der Waals surface area contributed by atoms with Crippen LogP contribution in [0.2, 0.25) is 0 Å². The van der Waals surface area contributed by atoms with Gasteiger partial charge in [-0.3, -0.25) is 0 Å². The number of aromatic carboxylic acids is 1. The normalized spacial score (nSPS) is 10.4. The monoisotopic (exact) mass is 279 g/mol. The first-order valence-corrected chi connectivity index (χ1v) is 6.51. The summed E-state index contributed by atoms with van der Waals surface area (Å²) in [7, 11) is 1.98.